The molecule has 0 bridgehead atoms. The van der Waals surface area contributed by atoms with Gasteiger partial charge in [0.25, 0.3) is 11.8 Å². The number of para-hydroxylation sites is 1. The number of anilines is 2. The minimum Gasteiger partial charge on any atom is -0.321 e. The maximum atomic E-state index is 13.3. The van der Waals surface area contributed by atoms with Crippen LogP contribution in [0.1, 0.15) is 26.4 Å². The normalized spacial score (nSPS) is 12.6. The Hall–Kier alpha value is -3.54. The van der Waals surface area contributed by atoms with Gasteiger partial charge in [0.05, 0.1) is 0 Å². The van der Waals surface area contributed by atoms with Gasteiger partial charge in [0, 0.05) is 29.7 Å². The van der Waals surface area contributed by atoms with E-state index in [2.05, 4.69) is 10.3 Å². The summed E-state index contributed by atoms with van der Waals surface area (Å²) in [6, 6.07) is 16.4. The second kappa shape index (κ2) is 6.99. The first-order chi connectivity index (χ1) is 13.1. The largest absolute Gasteiger partial charge is 0.321 e. The van der Waals surface area contributed by atoms with Crippen molar-refractivity contribution in [3.05, 3.63) is 89.5 Å². The van der Waals surface area contributed by atoms with Crippen LogP contribution in [0.5, 0.6) is 0 Å². The van der Waals surface area contributed by atoms with Crippen LogP contribution in [0.4, 0.5) is 15.8 Å². The number of nitrogens with zero attached hydrogens (tertiary/aromatic N) is 2. The molecule has 2 amide bonds. The van der Waals surface area contributed by atoms with Crippen molar-refractivity contribution in [1.29, 1.82) is 0 Å². The molecule has 0 spiro atoms. The van der Waals surface area contributed by atoms with Gasteiger partial charge in [-0.05, 0) is 48.4 Å². The second-order valence-electron chi connectivity index (χ2n) is 6.23. The molecule has 0 radical (unpaired) electrons. The molecule has 4 rings (SSSR count). The molecule has 0 unspecified atom stereocenters. The molecular formula is C21H16FN3O2. The van der Waals surface area contributed by atoms with Crippen molar-refractivity contribution in [1.82, 2.24) is 4.98 Å². The van der Waals surface area contributed by atoms with E-state index in [-0.39, 0.29) is 11.6 Å². The summed E-state index contributed by atoms with van der Waals surface area (Å²) in [5.41, 5.74) is 2.82. The number of benzene rings is 2. The van der Waals surface area contributed by atoms with Gasteiger partial charge in [-0.15, -0.1) is 0 Å². The summed E-state index contributed by atoms with van der Waals surface area (Å²) in [4.78, 5) is 31.0. The summed E-state index contributed by atoms with van der Waals surface area (Å²) in [5.74, 6) is -1.13. The molecule has 6 heteroatoms. The molecule has 0 saturated carbocycles. The number of hydrogen-bond donors (Lipinski definition) is 1. The van der Waals surface area contributed by atoms with Crippen molar-refractivity contribution < 1.29 is 14.0 Å². The van der Waals surface area contributed by atoms with E-state index in [1.165, 1.54) is 30.5 Å². The number of carbonyl (C=O) groups is 2. The van der Waals surface area contributed by atoms with Crippen LogP contribution in [0.3, 0.4) is 0 Å². The number of hydrogen-bond acceptors (Lipinski definition) is 3. The molecule has 1 N–H and O–H groups in total. The summed E-state index contributed by atoms with van der Waals surface area (Å²) >= 11 is 0. The van der Waals surface area contributed by atoms with Crippen LogP contribution in [0.15, 0.2) is 66.9 Å². The zero-order valence-electron chi connectivity index (χ0n) is 14.4. The first kappa shape index (κ1) is 16.9. The fourth-order valence-electron chi connectivity index (χ4n) is 3.15. The zero-order chi connectivity index (χ0) is 18.8. The molecule has 1 aliphatic heterocycles. The average Bonchev–Trinajstić information content (AvgIpc) is 3.11. The third-order valence-corrected chi connectivity index (χ3v) is 4.45. The van der Waals surface area contributed by atoms with E-state index >= 15 is 0 Å². The summed E-state index contributed by atoms with van der Waals surface area (Å²) < 4.78 is 13.3. The van der Waals surface area contributed by atoms with Crippen molar-refractivity contribution in [2.75, 3.05) is 16.8 Å². The van der Waals surface area contributed by atoms with Crippen molar-refractivity contribution in [2.45, 2.75) is 6.42 Å². The third-order valence-electron chi connectivity index (χ3n) is 4.45. The summed E-state index contributed by atoms with van der Waals surface area (Å²) in [5, 5.41) is 2.58. The monoisotopic (exact) mass is 361 g/mol. The van der Waals surface area contributed by atoms with Gasteiger partial charge in [0.1, 0.15) is 11.5 Å². The molecule has 1 aliphatic rings. The Morgan fingerprint density at radius 2 is 1.89 bits per heavy atom. The molecule has 0 saturated heterocycles. The topological polar surface area (TPSA) is 62.3 Å². The molecule has 27 heavy (non-hydrogen) atoms. The number of fused-ring (bicyclic) bond motifs is 1. The standard InChI is InChI=1S/C21H16FN3O2/c22-16-5-3-6-17(13-16)24-20(26)18-12-15(8-10-23-18)21(27)25-11-9-14-4-1-2-7-19(14)25/h1-8,10,12-13H,9,11H2,(H,24,26). The van der Waals surface area contributed by atoms with Gasteiger partial charge in [0.15, 0.2) is 0 Å². The molecule has 2 aromatic carbocycles. The molecule has 1 aromatic heterocycles. The molecule has 5 nitrogen and oxygen atoms in total. The number of pyridine rings is 1. The van der Waals surface area contributed by atoms with E-state index in [9.17, 15) is 14.0 Å². The summed E-state index contributed by atoms with van der Waals surface area (Å²) in [7, 11) is 0. The van der Waals surface area contributed by atoms with E-state index in [1.807, 2.05) is 24.3 Å². The van der Waals surface area contributed by atoms with Gasteiger partial charge in [-0.3, -0.25) is 14.6 Å². The fraction of sp³-hybridized carbons (Fsp3) is 0.0952. The smallest absolute Gasteiger partial charge is 0.274 e. The molecule has 134 valence electrons. The highest BCUT2D eigenvalue weighted by Crippen LogP contribution is 2.28. The van der Waals surface area contributed by atoms with Gasteiger partial charge in [-0.2, -0.15) is 0 Å². The number of amides is 2. The molecule has 0 atom stereocenters. The van der Waals surface area contributed by atoms with Crippen LogP contribution in [0.2, 0.25) is 0 Å². The number of halogens is 1. The lowest BCUT2D eigenvalue weighted by molar-refractivity contribution is 0.0989. The zero-order valence-corrected chi connectivity index (χ0v) is 14.4. The average molecular weight is 361 g/mol. The van der Waals surface area contributed by atoms with Crippen molar-refractivity contribution >= 4 is 23.2 Å². The summed E-state index contributed by atoms with van der Waals surface area (Å²) in [6.07, 6.45) is 2.23. The van der Waals surface area contributed by atoms with E-state index in [0.717, 1.165) is 17.7 Å². The van der Waals surface area contributed by atoms with E-state index in [0.29, 0.717) is 17.8 Å². The minimum absolute atomic E-state index is 0.0950. The second-order valence-corrected chi connectivity index (χ2v) is 6.23. The Morgan fingerprint density at radius 3 is 2.74 bits per heavy atom. The van der Waals surface area contributed by atoms with E-state index in [4.69, 9.17) is 0 Å². The van der Waals surface area contributed by atoms with E-state index in [1.54, 1.807) is 17.0 Å². The van der Waals surface area contributed by atoms with Gasteiger partial charge < -0.3 is 10.2 Å². The van der Waals surface area contributed by atoms with Gasteiger partial charge in [-0.25, -0.2) is 4.39 Å². The molecule has 0 aliphatic carbocycles. The molecule has 2 heterocycles. The van der Waals surface area contributed by atoms with Crippen LogP contribution in [-0.4, -0.2) is 23.3 Å². The first-order valence-corrected chi connectivity index (χ1v) is 8.54. The van der Waals surface area contributed by atoms with Crippen LogP contribution in [0, 0.1) is 5.82 Å². The maximum Gasteiger partial charge on any atom is 0.274 e. The lowest BCUT2D eigenvalue weighted by Gasteiger charge is -2.17. The summed E-state index contributed by atoms with van der Waals surface area (Å²) in [6.45, 7) is 0.603. The lowest BCUT2D eigenvalue weighted by atomic mass is 10.1. The predicted molar refractivity (Wildman–Crippen MR) is 100 cm³/mol. The van der Waals surface area contributed by atoms with Crippen LogP contribution in [-0.2, 0) is 6.42 Å². The van der Waals surface area contributed by atoms with Gasteiger partial charge in [0.2, 0.25) is 0 Å². The third kappa shape index (κ3) is 3.42. The van der Waals surface area contributed by atoms with Crippen molar-refractivity contribution in [2.24, 2.45) is 0 Å². The number of rotatable bonds is 3. The van der Waals surface area contributed by atoms with Crippen molar-refractivity contribution in [3.63, 3.8) is 0 Å². The number of carbonyl (C=O) groups excluding carboxylic acids is 2. The first-order valence-electron chi connectivity index (χ1n) is 8.54. The van der Waals surface area contributed by atoms with Crippen LogP contribution >= 0.6 is 0 Å². The minimum atomic E-state index is -0.503. The lowest BCUT2D eigenvalue weighted by Crippen LogP contribution is -2.29. The Bertz CT molecular complexity index is 1040. The maximum absolute atomic E-state index is 13.3. The van der Waals surface area contributed by atoms with Gasteiger partial charge in [-0.1, -0.05) is 24.3 Å². The number of nitrogens with one attached hydrogen (secondary N) is 1. The van der Waals surface area contributed by atoms with Crippen LogP contribution in [0.25, 0.3) is 0 Å². The molecule has 3 aromatic rings. The Labute approximate surface area is 155 Å². The molecule has 0 fully saturated rings. The highest BCUT2D eigenvalue weighted by Gasteiger charge is 2.25. The Morgan fingerprint density at radius 1 is 1.04 bits per heavy atom. The van der Waals surface area contributed by atoms with Gasteiger partial charge >= 0.3 is 0 Å². The molecular weight excluding hydrogens is 345 g/mol. The highest BCUT2D eigenvalue weighted by atomic mass is 19.1. The quantitative estimate of drug-likeness (QED) is 0.774. The predicted octanol–water partition coefficient (Wildman–Crippen LogP) is 3.68. The Balaban J connectivity index is 1.56. The highest BCUT2D eigenvalue weighted by molar-refractivity contribution is 6.09. The SMILES string of the molecule is O=C(Nc1cccc(F)c1)c1cc(C(=O)N2CCc3ccccc32)ccn1. The van der Waals surface area contributed by atoms with Crippen LogP contribution < -0.4 is 10.2 Å². The fourth-order valence-corrected chi connectivity index (χ4v) is 3.15. The Kier molecular flexibility index (Phi) is 4.38. The van der Waals surface area contributed by atoms with Crippen molar-refractivity contribution in [3.8, 4) is 0 Å². The number of aromatic nitrogens is 1. The van der Waals surface area contributed by atoms with E-state index < -0.39 is 11.7 Å².